The van der Waals surface area contributed by atoms with Crippen molar-refractivity contribution in [2.24, 2.45) is 4.99 Å². The van der Waals surface area contributed by atoms with Gasteiger partial charge in [0.25, 0.3) is 5.69 Å². The van der Waals surface area contributed by atoms with Gasteiger partial charge in [-0.15, -0.1) is 0 Å². The number of hydrogen-bond donors (Lipinski definition) is 0. The van der Waals surface area contributed by atoms with Gasteiger partial charge in [-0.25, -0.2) is 9.79 Å². The molecule has 9 heteroatoms. The molecule has 0 bridgehead atoms. The molecular weight excluding hydrogens is 388 g/mol. The monoisotopic (exact) mass is 402 g/mol. The summed E-state index contributed by atoms with van der Waals surface area (Å²) in [5.74, 6) is 0.397. The van der Waals surface area contributed by atoms with E-state index in [0.717, 1.165) is 0 Å². The number of nitro groups is 1. The van der Waals surface area contributed by atoms with Crippen molar-refractivity contribution in [3.05, 3.63) is 68.4 Å². The number of halogens is 1. The number of carbonyl (C=O) groups is 1. The molecule has 8 nitrogen and oxygen atoms in total. The highest BCUT2D eigenvalue weighted by atomic mass is 35.5. The number of cyclic esters (lactones) is 1. The van der Waals surface area contributed by atoms with Crippen LogP contribution in [0.5, 0.6) is 11.5 Å². The molecule has 0 unspecified atom stereocenters. The second-order valence-corrected chi connectivity index (χ2v) is 6.01. The topological polar surface area (TPSA) is 100 Å². The van der Waals surface area contributed by atoms with Crippen LogP contribution in [0.1, 0.15) is 18.1 Å². The van der Waals surface area contributed by atoms with Crippen LogP contribution in [0.2, 0.25) is 5.02 Å². The zero-order chi connectivity index (χ0) is 20.3. The molecule has 0 saturated heterocycles. The summed E-state index contributed by atoms with van der Waals surface area (Å²) < 4.78 is 15.9. The molecule has 0 saturated carbocycles. The van der Waals surface area contributed by atoms with Crippen molar-refractivity contribution in [3.8, 4) is 11.5 Å². The average molecular weight is 403 g/mol. The maximum absolute atomic E-state index is 12.2. The molecule has 1 aliphatic heterocycles. The number of carbonyl (C=O) groups excluding carboxylic acids is 1. The number of nitrogens with zero attached hydrogens (tertiary/aromatic N) is 2. The Morgan fingerprint density at radius 1 is 1.25 bits per heavy atom. The molecule has 144 valence electrons. The fourth-order valence-corrected chi connectivity index (χ4v) is 2.71. The Morgan fingerprint density at radius 3 is 2.71 bits per heavy atom. The van der Waals surface area contributed by atoms with E-state index in [9.17, 15) is 14.9 Å². The van der Waals surface area contributed by atoms with Gasteiger partial charge in [0.15, 0.2) is 17.2 Å². The van der Waals surface area contributed by atoms with Crippen LogP contribution in [0.4, 0.5) is 5.69 Å². The van der Waals surface area contributed by atoms with E-state index in [1.54, 1.807) is 18.2 Å². The van der Waals surface area contributed by atoms with Crippen molar-refractivity contribution >= 4 is 35.2 Å². The van der Waals surface area contributed by atoms with Gasteiger partial charge >= 0.3 is 5.97 Å². The summed E-state index contributed by atoms with van der Waals surface area (Å²) in [4.78, 5) is 26.7. The van der Waals surface area contributed by atoms with Gasteiger partial charge in [0.2, 0.25) is 5.90 Å². The first kappa shape index (κ1) is 19.4. The minimum atomic E-state index is -0.666. The number of rotatable bonds is 6. The molecule has 0 radical (unpaired) electrons. The summed E-state index contributed by atoms with van der Waals surface area (Å²) in [7, 11) is 1.52. The van der Waals surface area contributed by atoms with E-state index in [1.165, 1.54) is 31.4 Å². The number of benzene rings is 2. The Bertz CT molecular complexity index is 1020. The highest BCUT2D eigenvalue weighted by Gasteiger charge is 2.26. The third-order valence-corrected chi connectivity index (χ3v) is 4.12. The molecule has 3 rings (SSSR count). The lowest BCUT2D eigenvalue weighted by Crippen LogP contribution is -2.06. The first-order valence-electron chi connectivity index (χ1n) is 8.20. The molecule has 0 spiro atoms. The van der Waals surface area contributed by atoms with Crippen LogP contribution in [-0.2, 0) is 9.53 Å². The normalized spacial score (nSPS) is 14.6. The second-order valence-electron chi connectivity index (χ2n) is 5.60. The molecule has 0 aromatic heterocycles. The van der Waals surface area contributed by atoms with E-state index >= 15 is 0 Å². The van der Waals surface area contributed by atoms with E-state index in [1.807, 2.05) is 6.92 Å². The Morgan fingerprint density at radius 2 is 2.04 bits per heavy atom. The third-order valence-electron chi connectivity index (χ3n) is 3.80. The van der Waals surface area contributed by atoms with Crippen LogP contribution in [-0.4, -0.2) is 30.5 Å². The predicted molar refractivity (Wildman–Crippen MR) is 103 cm³/mol. The van der Waals surface area contributed by atoms with E-state index in [4.69, 9.17) is 25.8 Å². The molecular formula is C19H15ClN2O6. The van der Waals surface area contributed by atoms with Crippen LogP contribution >= 0.6 is 11.6 Å². The number of hydrogen-bond acceptors (Lipinski definition) is 7. The minimum Gasteiger partial charge on any atom is -0.493 e. The van der Waals surface area contributed by atoms with Gasteiger partial charge in [-0.2, -0.15) is 0 Å². The van der Waals surface area contributed by atoms with Crippen LogP contribution in [0, 0.1) is 10.1 Å². The average Bonchev–Trinajstić information content (AvgIpc) is 3.03. The Hall–Kier alpha value is -3.39. The van der Waals surface area contributed by atoms with Crippen molar-refractivity contribution in [2.75, 3.05) is 13.7 Å². The molecule has 1 heterocycles. The van der Waals surface area contributed by atoms with Crippen LogP contribution < -0.4 is 9.47 Å². The smallest absolute Gasteiger partial charge is 0.363 e. The van der Waals surface area contributed by atoms with Gasteiger partial charge in [0, 0.05) is 11.6 Å². The Labute approximate surface area is 165 Å². The first-order valence-corrected chi connectivity index (χ1v) is 8.58. The van der Waals surface area contributed by atoms with Crippen molar-refractivity contribution in [1.29, 1.82) is 0 Å². The molecule has 0 atom stereocenters. The minimum absolute atomic E-state index is 0.0177. The summed E-state index contributed by atoms with van der Waals surface area (Å²) in [6.45, 7) is 2.35. The third kappa shape index (κ3) is 3.96. The van der Waals surface area contributed by atoms with Gasteiger partial charge in [-0.05, 0) is 42.8 Å². The summed E-state index contributed by atoms with van der Waals surface area (Å²) >= 11 is 5.80. The van der Waals surface area contributed by atoms with Crippen LogP contribution in [0.3, 0.4) is 0 Å². The van der Waals surface area contributed by atoms with Gasteiger partial charge in [0.05, 0.1) is 18.6 Å². The Kier molecular flexibility index (Phi) is 5.60. The molecule has 0 N–H and O–H groups in total. The lowest BCUT2D eigenvalue weighted by molar-refractivity contribution is -0.384. The quantitative estimate of drug-likeness (QED) is 0.313. The first-order chi connectivity index (χ1) is 13.4. The lowest BCUT2D eigenvalue weighted by Gasteiger charge is -2.09. The van der Waals surface area contributed by atoms with E-state index in [2.05, 4.69) is 4.99 Å². The second kappa shape index (κ2) is 8.10. The molecule has 28 heavy (non-hydrogen) atoms. The zero-order valence-corrected chi connectivity index (χ0v) is 15.7. The molecule has 0 fully saturated rings. The fourth-order valence-electron chi connectivity index (χ4n) is 2.52. The molecule has 2 aromatic carbocycles. The van der Waals surface area contributed by atoms with Gasteiger partial charge in [-0.3, -0.25) is 10.1 Å². The molecule has 0 aliphatic carbocycles. The van der Waals surface area contributed by atoms with Crippen molar-refractivity contribution < 1.29 is 23.9 Å². The number of nitro benzene ring substituents is 1. The molecule has 2 aromatic rings. The zero-order valence-electron chi connectivity index (χ0n) is 15.0. The highest BCUT2D eigenvalue weighted by Crippen LogP contribution is 2.30. The van der Waals surface area contributed by atoms with Gasteiger partial charge < -0.3 is 14.2 Å². The highest BCUT2D eigenvalue weighted by molar-refractivity contribution is 6.32. The number of aliphatic imine (C=N–C) groups is 1. The van der Waals surface area contributed by atoms with Crippen molar-refractivity contribution in [1.82, 2.24) is 0 Å². The van der Waals surface area contributed by atoms with E-state index in [-0.39, 0.29) is 27.9 Å². The molecule has 1 aliphatic rings. The van der Waals surface area contributed by atoms with Crippen molar-refractivity contribution in [3.63, 3.8) is 0 Å². The number of ether oxygens (including phenoxy) is 3. The summed E-state index contributed by atoms with van der Waals surface area (Å²) in [5.41, 5.74) is 0.682. The molecule has 0 amide bonds. The number of methoxy groups -OCH3 is 1. The lowest BCUT2D eigenvalue weighted by atomic mass is 10.1. The largest absolute Gasteiger partial charge is 0.493 e. The van der Waals surface area contributed by atoms with Gasteiger partial charge in [0.1, 0.15) is 5.02 Å². The van der Waals surface area contributed by atoms with Crippen LogP contribution in [0.25, 0.3) is 6.08 Å². The maximum atomic E-state index is 12.2. The SMILES string of the molecule is CCOc1ccc(/C=C2/N=C(c3ccc(Cl)c([N+](=O)[O-])c3)OC2=O)cc1OC. The van der Waals surface area contributed by atoms with Gasteiger partial charge in [-0.1, -0.05) is 17.7 Å². The maximum Gasteiger partial charge on any atom is 0.363 e. The number of esters is 1. The van der Waals surface area contributed by atoms with Crippen LogP contribution in [0.15, 0.2) is 47.1 Å². The van der Waals surface area contributed by atoms with Crippen molar-refractivity contribution in [2.45, 2.75) is 6.92 Å². The van der Waals surface area contributed by atoms with E-state index < -0.39 is 10.9 Å². The Balaban J connectivity index is 1.94. The standard InChI is InChI=1S/C19H15ClN2O6/c1-3-27-16-7-4-11(9-17(16)26-2)8-14-19(23)28-18(21-14)12-5-6-13(20)15(10-12)22(24)25/h4-10H,3H2,1-2H3/b14-8+. The van der Waals surface area contributed by atoms with E-state index in [0.29, 0.717) is 23.7 Å². The summed E-state index contributed by atoms with van der Waals surface area (Å²) in [6, 6.07) is 9.22. The fraction of sp³-hybridized carbons (Fsp3) is 0.158. The predicted octanol–water partition coefficient (Wildman–Crippen LogP) is 4.00. The summed E-state index contributed by atoms with van der Waals surface area (Å²) in [5, 5.41) is 11.0. The summed E-state index contributed by atoms with van der Waals surface area (Å²) in [6.07, 6.45) is 1.53.